The number of urea groups is 1. The summed E-state index contributed by atoms with van der Waals surface area (Å²) in [5.74, 6) is 1.58. The van der Waals surface area contributed by atoms with E-state index in [2.05, 4.69) is 19.2 Å². The highest BCUT2D eigenvalue weighted by Crippen LogP contribution is 2.16. The summed E-state index contributed by atoms with van der Waals surface area (Å²) in [5.41, 5.74) is 1.04. The summed E-state index contributed by atoms with van der Waals surface area (Å²) in [5, 5.41) is 12.0. The molecule has 1 saturated heterocycles. The molecular formula is C17H26N2O3. The molecule has 22 heavy (non-hydrogen) atoms. The summed E-state index contributed by atoms with van der Waals surface area (Å²) >= 11 is 0. The van der Waals surface area contributed by atoms with Crippen molar-refractivity contribution in [1.82, 2.24) is 10.2 Å². The van der Waals surface area contributed by atoms with Crippen LogP contribution in [-0.4, -0.2) is 42.3 Å². The van der Waals surface area contributed by atoms with Crippen molar-refractivity contribution in [3.05, 3.63) is 29.8 Å². The number of hydrogen-bond acceptors (Lipinski definition) is 3. The molecule has 1 unspecified atom stereocenters. The van der Waals surface area contributed by atoms with E-state index >= 15 is 0 Å². The zero-order valence-electron chi connectivity index (χ0n) is 13.4. The second-order valence-electron chi connectivity index (χ2n) is 6.29. The summed E-state index contributed by atoms with van der Waals surface area (Å²) in [6, 6.07) is 7.74. The Morgan fingerprint density at radius 1 is 1.41 bits per heavy atom. The number of nitrogens with zero attached hydrogens (tertiary/aromatic N) is 1. The van der Waals surface area contributed by atoms with Crippen molar-refractivity contribution in [2.24, 2.45) is 11.8 Å². The number of aliphatic hydroxyl groups is 1. The van der Waals surface area contributed by atoms with Gasteiger partial charge in [-0.15, -0.1) is 0 Å². The van der Waals surface area contributed by atoms with Gasteiger partial charge in [0.15, 0.2) is 0 Å². The lowest BCUT2D eigenvalue weighted by atomic mass is 10.1. The van der Waals surface area contributed by atoms with Crippen LogP contribution in [-0.2, 0) is 6.54 Å². The SMILES string of the molecule is CC(C)COc1ccc(CNC(=O)N2CCC(CO)C2)cc1. The predicted octanol–water partition coefficient (Wildman–Crippen LogP) is 2.25. The monoisotopic (exact) mass is 306 g/mol. The molecule has 122 valence electrons. The van der Waals surface area contributed by atoms with E-state index in [1.54, 1.807) is 4.90 Å². The van der Waals surface area contributed by atoms with Crippen molar-refractivity contribution in [2.45, 2.75) is 26.8 Å². The van der Waals surface area contributed by atoms with Gasteiger partial charge in [-0.25, -0.2) is 4.79 Å². The lowest BCUT2D eigenvalue weighted by Gasteiger charge is -2.17. The summed E-state index contributed by atoms with van der Waals surface area (Å²) in [4.78, 5) is 13.8. The fourth-order valence-electron chi connectivity index (χ4n) is 2.42. The summed E-state index contributed by atoms with van der Waals surface area (Å²) < 4.78 is 5.63. The van der Waals surface area contributed by atoms with E-state index in [0.717, 1.165) is 24.3 Å². The minimum Gasteiger partial charge on any atom is -0.493 e. The highest BCUT2D eigenvalue weighted by molar-refractivity contribution is 5.74. The van der Waals surface area contributed by atoms with Crippen molar-refractivity contribution in [1.29, 1.82) is 0 Å². The Morgan fingerprint density at radius 2 is 2.14 bits per heavy atom. The van der Waals surface area contributed by atoms with Gasteiger partial charge in [-0.2, -0.15) is 0 Å². The van der Waals surface area contributed by atoms with E-state index in [0.29, 0.717) is 25.6 Å². The van der Waals surface area contributed by atoms with Crippen LogP contribution in [0.15, 0.2) is 24.3 Å². The Labute approximate surface area is 132 Å². The minimum absolute atomic E-state index is 0.0592. The van der Waals surface area contributed by atoms with Crippen molar-refractivity contribution in [2.75, 3.05) is 26.3 Å². The molecule has 1 atom stereocenters. The molecule has 1 aliphatic rings. The van der Waals surface area contributed by atoms with Gasteiger partial charge >= 0.3 is 6.03 Å². The number of carbonyl (C=O) groups is 1. The second-order valence-corrected chi connectivity index (χ2v) is 6.29. The molecule has 1 fully saturated rings. The van der Waals surface area contributed by atoms with Gasteiger partial charge in [0.05, 0.1) is 6.61 Å². The molecule has 0 aromatic heterocycles. The first-order chi connectivity index (χ1) is 10.6. The van der Waals surface area contributed by atoms with Gasteiger partial charge < -0.3 is 20.1 Å². The van der Waals surface area contributed by atoms with Gasteiger partial charge in [-0.05, 0) is 30.0 Å². The molecule has 5 nitrogen and oxygen atoms in total. The number of benzene rings is 1. The van der Waals surface area contributed by atoms with Crippen LogP contribution in [0.3, 0.4) is 0 Å². The van der Waals surface area contributed by atoms with Crippen LogP contribution in [0, 0.1) is 11.8 Å². The van der Waals surface area contributed by atoms with Gasteiger partial charge in [0, 0.05) is 32.2 Å². The van der Waals surface area contributed by atoms with Gasteiger partial charge in [0.25, 0.3) is 0 Å². The van der Waals surface area contributed by atoms with Crippen LogP contribution in [0.5, 0.6) is 5.75 Å². The molecule has 0 aliphatic carbocycles. The van der Waals surface area contributed by atoms with E-state index in [4.69, 9.17) is 9.84 Å². The van der Waals surface area contributed by atoms with Crippen LogP contribution in [0.1, 0.15) is 25.8 Å². The summed E-state index contributed by atoms with van der Waals surface area (Å²) in [6.45, 7) is 6.96. The first-order valence-electron chi connectivity index (χ1n) is 7.94. The first kappa shape index (κ1) is 16.6. The first-order valence-corrected chi connectivity index (χ1v) is 7.94. The third-order valence-corrected chi connectivity index (χ3v) is 3.78. The Kier molecular flexibility index (Phi) is 6.07. The largest absolute Gasteiger partial charge is 0.493 e. The minimum atomic E-state index is -0.0592. The fourth-order valence-corrected chi connectivity index (χ4v) is 2.42. The zero-order valence-corrected chi connectivity index (χ0v) is 13.4. The zero-order chi connectivity index (χ0) is 15.9. The number of rotatable bonds is 6. The second kappa shape index (κ2) is 8.03. The molecule has 1 aromatic rings. The van der Waals surface area contributed by atoms with Crippen LogP contribution >= 0.6 is 0 Å². The van der Waals surface area contributed by atoms with Crippen molar-refractivity contribution in [3.8, 4) is 5.75 Å². The van der Waals surface area contributed by atoms with E-state index in [1.165, 1.54) is 0 Å². The third-order valence-electron chi connectivity index (χ3n) is 3.78. The smallest absolute Gasteiger partial charge is 0.317 e. The van der Waals surface area contributed by atoms with Crippen LogP contribution in [0.2, 0.25) is 0 Å². The highest BCUT2D eigenvalue weighted by Gasteiger charge is 2.25. The van der Waals surface area contributed by atoms with E-state index in [9.17, 15) is 4.79 Å². The van der Waals surface area contributed by atoms with E-state index < -0.39 is 0 Å². The Hall–Kier alpha value is -1.75. The molecule has 1 aliphatic heterocycles. The molecule has 0 saturated carbocycles. The van der Waals surface area contributed by atoms with Crippen LogP contribution < -0.4 is 10.1 Å². The topological polar surface area (TPSA) is 61.8 Å². The third kappa shape index (κ3) is 4.91. The number of aliphatic hydroxyl groups excluding tert-OH is 1. The molecule has 0 bridgehead atoms. The number of hydrogen-bond donors (Lipinski definition) is 2. The average Bonchev–Trinajstić information content (AvgIpc) is 3.00. The average molecular weight is 306 g/mol. The molecular weight excluding hydrogens is 280 g/mol. The van der Waals surface area contributed by atoms with Crippen molar-refractivity contribution < 1.29 is 14.6 Å². The maximum atomic E-state index is 12.0. The van der Waals surface area contributed by atoms with Gasteiger partial charge in [-0.3, -0.25) is 0 Å². The number of likely N-dealkylation sites (tertiary alicyclic amines) is 1. The van der Waals surface area contributed by atoms with Crippen LogP contribution in [0.4, 0.5) is 4.79 Å². The maximum absolute atomic E-state index is 12.0. The van der Waals surface area contributed by atoms with Gasteiger partial charge in [0.1, 0.15) is 5.75 Å². The Bertz CT molecular complexity index is 473. The quantitative estimate of drug-likeness (QED) is 0.847. The van der Waals surface area contributed by atoms with Gasteiger partial charge in [-0.1, -0.05) is 26.0 Å². The van der Waals surface area contributed by atoms with E-state index in [1.807, 2.05) is 24.3 Å². The normalized spacial score (nSPS) is 17.8. The molecule has 2 amide bonds. The van der Waals surface area contributed by atoms with E-state index in [-0.39, 0.29) is 18.6 Å². The predicted molar refractivity (Wildman–Crippen MR) is 85.8 cm³/mol. The Morgan fingerprint density at radius 3 is 2.73 bits per heavy atom. The van der Waals surface area contributed by atoms with Crippen molar-refractivity contribution in [3.63, 3.8) is 0 Å². The molecule has 2 N–H and O–H groups in total. The Balaban J connectivity index is 1.75. The number of ether oxygens (including phenoxy) is 1. The van der Waals surface area contributed by atoms with Gasteiger partial charge in [0.2, 0.25) is 0 Å². The standard InChI is InChI=1S/C17H26N2O3/c1-13(2)12-22-16-5-3-14(4-6-16)9-18-17(21)19-8-7-15(10-19)11-20/h3-6,13,15,20H,7-12H2,1-2H3,(H,18,21). The number of carbonyl (C=O) groups excluding carboxylic acids is 1. The number of amides is 2. The maximum Gasteiger partial charge on any atom is 0.317 e. The lowest BCUT2D eigenvalue weighted by Crippen LogP contribution is -2.38. The molecule has 0 radical (unpaired) electrons. The molecule has 2 rings (SSSR count). The number of nitrogens with one attached hydrogen (secondary N) is 1. The molecule has 5 heteroatoms. The van der Waals surface area contributed by atoms with Crippen LogP contribution in [0.25, 0.3) is 0 Å². The summed E-state index contributed by atoms with van der Waals surface area (Å²) in [6.07, 6.45) is 0.881. The molecule has 0 spiro atoms. The lowest BCUT2D eigenvalue weighted by molar-refractivity contribution is 0.198. The molecule has 1 aromatic carbocycles. The fraction of sp³-hybridized carbons (Fsp3) is 0.588. The van der Waals surface area contributed by atoms with Crippen molar-refractivity contribution >= 4 is 6.03 Å². The summed E-state index contributed by atoms with van der Waals surface area (Å²) in [7, 11) is 0. The highest BCUT2D eigenvalue weighted by atomic mass is 16.5. The molecule has 1 heterocycles.